The highest BCUT2D eigenvalue weighted by Gasteiger charge is 2.35. The average molecular weight is 409 g/mol. The Bertz CT molecular complexity index is 493. The van der Waals surface area contributed by atoms with E-state index < -0.39 is 0 Å². The molecule has 28 heavy (non-hydrogen) atoms. The van der Waals surface area contributed by atoms with Crippen molar-refractivity contribution in [3.8, 4) is 0 Å². The number of fused-ring (bicyclic) bond motifs is 1. The molecule has 2 unspecified atom stereocenters. The first-order valence-electron chi connectivity index (χ1n) is 11.8. The van der Waals surface area contributed by atoms with Gasteiger partial charge in [0.25, 0.3) is 0 Å². The molecule has 3 aliphatic rings. The van der Waals surface area contributed by atoms with E-state index in [2.05, 4.69) is 20.9 Å². The zero-order chi connectivity index (χ0) is 19.6. The van der Waals surface area contributed by atoms with Crippen molar-refractivity contribution in [2.75, 3.05) is 26.2 Å². The van der Waals surface area contributed by atoms with Gasteiger partial charge in [-0.05, 0) is 62.6 Å². The zero-order valence-corrected chi connectivity index (χ0v) is 18.3. The Morgan fingerprint density at radius 3 is 2.36 bits per heavy atom. The molecule has 3 fully saturated rings. The second kappa shape index (κ2) is 11.8. The van der Waals surface area contributed by atoms with E-state index in [4.69, 9.17) is 12.2 Å². The quantitative estimate of drug-likeness (QED) is 0.437. The van der Waals surface area contributed by atoms with Crippen LogP contribution in [0.1, 0.15) is 83.5 Å². The Kier molecular flexibility index (Phi) is 9.16. The molecule has 2 aliphatic carbocycles. The lowest BCUT2D eigenvalue weighted by Gasteiger charge is -2.44. The Hall–Kier alpha value is -1.04. The van der Waals surface area contributed by atoms with E-state index in [1.54, 1.807) is 0 Å². The lowest BCUT2D eigenvalue weighted by atomic mass is 9.78. The number of likely N-dealkylation sites (tertiary alicyclic amines) is 1. The summed E-state index contributed by atoms with van der Waals surface area (Å²) in [5.41, 5.74) is 0. The number of hydrogen-bond acceptors (Lipinski definition) is 2. The maximum absolute atomic E-state index is 12.6. The number of hydrogen-bond donors (Lipinski definition) is 3. The summed E-state index contributed by atoms with van der Waals surface area (Å²) in [6.07, 6.45) is 16.7. The maximum Gasteiger partial charge on any atom is 0.317 e. The molecular weight excluding hydrogens is 368 g/mol. The molecule has 2 saturated carbocycles. The van der Waals surface area contributed by atoms with Gasteiger partial charge in [0.1, 0.15) is 0 Å². The number of nitrogens with zero attached hydrogens (tertiary/aromatic N) is 1. The molecule has 0 radical (unpaired) electrons. The predicted octanol–water partition coefficient (Wildman–Crippen LogP) is 4.18. The largest absolute Gasteiger partial charge is 0.363 e. The summed E-state index contributed by atoms with van der Waals surface area (Å²) in [4.78, 5) is 14.7. The van der Waals surface area contributed by atoms with Crippen LogP contribution in [0.2, 0.25) is 0 Å². The van der Waals surface area contributed by atoms with Gasteiger partial charge in [0, 0.05) is 32.2 Å². The Labute approximate surface area is 176 Å². The van der Waals surface area contributed by atoms with E-state index >= 15 is 0 Å². The number of piperidine rings is 1. The molecule has 6 heteroatoms. The maximum atomic E-state index is 12.6. The van der Waals surface area contributed by atoms with Crippen molar-refractivity contribution in [3.63, 3.8) is 0 Å². The van der Waals surface area contributed by atoms with Gasteiger partial charge in [-0.3, -0.25) is 0 Å². The van der Waals surface area contributed by atoms with E-state index in [1.807, 2.05) is 0 Å². The van der Waals surface area contributed by atoms with Gasteiger partial charge >= 0.3 is 6.03 Å². The van der Waals surface area contributed by atoms with Gasteiger partial charge in [-0.1, -0.05) is 44.9 Å². The first-order chi connectivity index (χ1) is 13.7. The van der Waals surface area contributed by atoms with Crippen LogP contribution in [0.5, 0.6) is 0 Å². The van der Waals surface area contributed by atoms with Gasteiger partial charge in [-0.15, -0.1) is 0 Å². The molecule has 5 nitrogen and oxygen atoms in total. The van der Waals surface area contributed by atoms with Crippen LogP contribution in [-0.2, 0) is 0 Å². The van der Waals surface area contributed by atoms with Crippen LogP contribution in [0.4, 0.5) is 4.79 Å². The predicted molar refractivity (Wildman–Crippen MR) is 119 cm³/mol. The second-order valence-electron chi connectivity index (χ2n) is 9.01. The smallest absolute Gasteiger partial charge is 0.317 e. The van der Waals surface area contributed by atoms with E-state index in [1.165, 1.54) is 70.6 Å². The lowest BCUT2D eigenvalue weighted by molar-refractivity contribution is 0.0843. The summed E-state index contributed by atoms with van der Waals surface area (Å²) in [7, 11) is 0. The molecule has 160 valence electrons. The fourth-order valence-corrected chi connectivity index (χ4v) is 5.60. The average Bonchev–Trinajstić information content (AvgIpc) is 2.73. The third-order valence-corrected chi connectivity index (χ3v) is 7.27. The molecule has 0 aromatic rings. The van der Waals surface area contributed by atoms with E-state index in [9.17, 15) is 4.79 Å². The summed E-state index contributed by atoms with van der Waals surface area (Å²) in [5.74, 6) is 1.63. The fraction of sp³-hybridized carbons (Fsp3) is 0.909. The highest BCUT2D eigenvalue weighted by Crippen LogP contribution is 2.35. The van der Waals surface area contributed by atoms with Gasteiger partial charge in [0.05, 0.1) is 0 Å². The molecule has 0 spiro atoms. The highest BCUT2D eigenvalue weighted by atomic mass is 32.1. The summed E-state index contributed by atoms with van der Waals surface area (Å²) >= 11 is 5.37. The number of amides is 2. The van der Waals surface area contributed by atoms with Crippen molar-refractivity contribution in [3.05, 3.63) is 0 Å². The number of urea groups is 1. The van der Waals surface area contributed by atoms with Gasteiger partial charge in [0.2, 0.25) is 0 Å². The third-order valence-electron chi connectivity index (χ3n) is 6.98. The van der Waals surface area contributed by atoms with Crippen molar-refractivity contribution >= 4 is 23.4 Å². The fourth-order valence-electron chi connectivity index (χ4n) is 5.39. The monoisotopic (exact) mass is 408 g/mol. The minimum atomic E-state index is 0.143. The zero-order valence-electron chi connectivity index (χ0n) is 17.5. The molecule has 0 bridgehead atoms. The highest BCUT2D eigenvalue weighted by molar-refractivity contribution is 7.80. The summed E-state index contributed by atoms with van der Waals surface area (Å²) in [5, 5.41) is 10.5. The van der Waals surface area contributed by atoms with Crippen LogP contribution in [0.25, 0.3) is 0 Å². The topological polar surface area (TPSA) is 56.4 Å². The van der Waals surface area contributed by atoms with Crippen molar-refractivity contribution in [1.82, 2.24) is 20.9 Å². The van der Waals surface area contributed by atoms with Crippen LogP contribution >= 0.6 is 12.2 Å². The summed E-state index contributed by atoms with van der Waals surface area (Å²) < 4.78 is 0. The minimum Gasteiger partial charge on any atom is -0.363 e. The molecular formula is C22H40N4OS. The third kappa shape index (κ3) is 6.78. The van der Waals surface area contributed by atoms with Crippen LogP contribution in [0.15, 0.2) is 0 Å². The second-order valence-corrected chi connectivity index (χ2v) is 9.42. The Morgan fingerprint density at radius 1 is 0.821 bits per heavy atom. The molecule has 2 amide bonds. The Morgan fingerprint density at radius 2 is 1.50 bits per heavy atom. The number of carbonyl (C=O) groups excluding carboxylic acids is 1. The molecule has 0 aromatic carbocycles. The SMILES string of the molecule is O=C(NCCCNC(=S)NCCC1CCCCC1)N1CCCC2CCCCC21. The van der Waals surface area contributed by atoms with Gasteiger partial charge in [-0.25, -0.2) is 4.79 Å². The van der Waals surface area contributed by atoms with Gasteiger partial charge in [0.15, 0.2) is 5.11 Å². The van der Waals surface area contributed by atoms with Crippen molar-refractivity contribution in [1.29, 1.82) is 0 Å². The minimum absolute atomic E-state index is 0.143. The standard InChI is InChI=1S/C22H40N4OS/c27-22(26-17-6-11-19-10-4-5-12-20(19)26)25-15-7-14-23-21(28)24-16-13-18-8-2-1-3-9-18/h18-20H,1-17H2,(H,25,27)(H2,23,24,28). The van der Waals surface area contributed by atoms with E-state index in [0.29, 0.717) is 12.6 Å². The molecule has 3 N–H and O–H groups in total. The van der Waals surface area contributed by atoms with Crippen molar-refractivity contribution in [2.24, 2.45) is 11.8 Å². The molecule has 1 heterocycles. The normalized spacial score (nSPS) is 25.6. The molecule has 1 saturated heterocycles. The molecule has 2 atom stereocenters. The molecule has 3 rings (SSSR count). The first kappa shape index (κ1) is 21.7. The van der Waals surface area contributed by atoms with Crippen molar-refractivity contribution < 1.29 is 4.79 Å². The van der Waals surface area contributed by atoms with Crippen LogP contribution in [0.3, 0.4) is 0 Å². The Balaban J connectivity index is 1.22. The van der Waals surface area contributed by atoms with Crippen molar-refractivity contribution in [2.45, 2.75) is 89.5 Å². The van der Waals surface area contributed by atoms with Crippen LogP contribution in [0, 0.1) is 11.8 Å². The van der Waals surface area contributed by atoms with Gasteiger partial charge < -0.3 is 20.9 Å². The van der Waals surface area contributed by atoms with Gasteiger partial charge in [-0.2, -0.15) is 0 Å². The number of thiocarbonyl (C=S) groups is 1. The van der Waals surface area contributed by atoms with E-state index in [-0.39, 0.29) is 6.03 Å². The number of carbonyl (C=O) groups is 1. The number of rotatable bonds is 7. The van der Waals surface area contributed by atoms with E-state index in [0.717, 1.165) is 49.4 Å². The first-order valence-corrected chi connectivity index (χ1v) is 12.2. The van der Waals surface area contributed by atoms with Crippen LogP contribution in [-0.4, -0.2) is 48.3 Å². The summed E-state index contributed by atoms with van der Waals surface area (Å²) in [6.45, 7) is 3.43. The summed E-state index contributed by atoms with van der Waals surface area (Å²) in [6, 6.07) is 0.631. The molecule has 1 aliphatic heterocycles. The number of nitrogens with one attached hydrogen (secondary N) is 3. The van der Waals surface area contributed by atoms with Crippen LogP contribution < -0.4 is 16.0 Å². The molecule has 0 aromatic heterocycles. The lowest BCUT2D eigenvalue weighted by Crippen LogP contribution is -2.53.